The molecule has 0 spiro atoms. The van der Waals surface area contributed by atoms with Crippen molar-refractivity contribution < 1.29 is 0 Å². The molecule has 1 aromatic carbocycles. The molecule has 3 rings (SSSR count). The summed E-state index contributed by atoms with van der Waals surface area (Å²) in [6.07, 6.45) is 4.88. The summed E-state index contributed by atoms with van der Waals surface area (Å²) in [7, 11) is 0. The van der Waals surface area contributed by atoms with E-state index in [1.807, 2.05) is 12.3 Å². The number of rotatable bonds is 2. The van der Waals surface area contributed by atoms with E-state index in [1.54, 1.807) is 6.08 Å². The van der Waals surface area contributed by atoms with Crippen molar-refractivity contribution in [2.24, 2.45) is 0 Å². The Labute approximate surface area is 106 Å². The number of anilines is 1. The Hall–Kier alpha value is -1.54. The Bertz CT molecular complexity index is 588. The van der Waals surface area contributed by atoms with Crippen molar-refractivity contribution in [2.75, 3.05) is 18.0 Å². The van der Waals surface area contributed by atoms with Crippen LogP contribution in [0, 0.1) is 0 Å². The number of pyridine rings is 1. The van der Waals surface area contributed by atoms with Crippen LogP contribution in [0.2, 0.25) is 5.02 Å². The summed E-state index contributed by atoms with van der Waals surface area (Å²) in [5.74, 6) is 0. The zero-order valence-corrected chi connectivity index (χ0v) is 10.2. The standard InChI is InChI=1S/C14H13ClN2/c1-2-10-6-11-7-12(15)14(17-4-3-5-17)8-13(11)16-9-10/h2,6-9H,1,3-5H2. The topological polar surface area (TPSA) is 16.1 Å². The zero-order valence-electron chi connectivity index (χ0n) is 9.49. The van der Waals surface area contributed by atoms with Gasteiger partial charge in [0.2, 0.25) is 0 Å². The summed E-state index contributed by atoms with van der Waals surface area (Å²) >= 11 is 6.31. The second kappa shape index (κ2) is 4.04. The van der Waals surface area contributed by atoms with Gasteiger partial charge in [0.15, 0.2) is 0 Å². The van der Waals surface area contributed by atoms with Gasteiger partial charge < -0.3 is 4.90 Å². The number of fused-ring (bicyclic) bond motifs is 1. The van der Waals surface area contributed by atoms with Crippen LogP contribution in [0.15, 0.2) is 31.0 Å². The number of halogens is 1. The van der Waals surface area contributed by atoms with E-state index < -0.39 is 0 Å². The Morgan fingerprint density at radius 1 is 1.29 bits per heavy atom. The number of hydrogen-bond donors (Lipinski definition) is 0. The molecule has 1 aliphatic rings. The van der Waals surface area contributed by atoms with E-state index in [0.717, 1.165) is 40.3 Å². The molecule has 0 amide bonds. The first kappa shape index (κ1) is 10.6. The van der Waals surface area contributed by atoms with E-state index in [1.165, 1.54) is 6.42 Å². The second-order valence-corrected chi connectivity index (χ2v) is 4.72. The highest BCUT2D eigenvalue weighted by Gasteiger charge is 2.17. The maximum Gasteiger partial charge on any atom is 0.0724 e. The monoisotopic (exact) mass is 244 g/mol. The van der Waals surface area contributed by atoms with Gasteiger partial charge in [-0.05, 0) is 30.2 Å². The molecule has 1 saturated heterocycles. The Kier molecular flexibility index (Phi) is 2.52. The van der Waals surface area contributed by atoms with Crippen LogP contribution in [0.5, 0.6) is 0 Å². The third-order valence-corrected chi connectivity index (χ3v) is 3.51. The van der Waals surface area contributed by atoms with Gasteiger partial charge in [-0.3, -0.25) is 4.98 Å². The first-order valence-electron chi connectivity index (χ1n) is 5.74. The lowest BCUT2D eigenvalue weighted by Gasteiger charge is -2.33. The fourth-order valence-corrected chi connectivity index (χ4v) is 2.36. The van der Waals surface area contributed by atoms with E-state index in [-0.39, 0.29) is 0 Å². The van der Waals surface area contributed by atoms with Gasteiger partial charge in [-0.25, -0.2) is 0 Å². The third kappa shape index (κ3) is 1.79. The molecule has 2 heterocycles. The third-order valence-electron chi connectivity index (χ3n) is 3.20. The average molecular weight is 245 g/mol. The van der Waals surface area contributed by atoms with Crippen molar-refractivity contribution >= 4 is 34.3 Å². The summed E-state index contributed by atoms with van der Waals surface area (Å²) in [5, 5.41) is 1.87. The highest BCUT2D eigenvalue weighted by molar-refractivity contribution is 6.34. The molecule has 0 radical (unpaired) electrons. The molecule has 2 aromatic rings. The van der Waals surface area contributed by atoms with Gasteiger partial charge in [0.25, 0.3) is 0 Å². The van der Waals surface area contributed by atoms with Crippen LogP contribution < -0.4 is 4.90 Å². The quantitative estimate of drug-likeness (QED) is 0.800. The molecule has 0 saturated carbocycles. The number of benzene rings is 1. The SMILES string of the molecule is C=Cc1cnc2cc(N3CCC3)c(Cl)cc2c1. The van der Waals surface area contributed by atoms with E-state index in [2.05, 4.69) is 28.6 Å². The fraction of sp³-hybridized carbons (Fsp3) is 0.214. The minimum Gasteiger partial charge on any atom is -0.370 e. The first-order chi connectivity index (χ1) is 8.28. The van der Waals surface area contributed by atoms with Crippen LogP contribution >= 0.6 is 11.6 Å². The maximum atomic E-state index is 6.31. The van der Waals surface area contributed by atoms with Crippen molar-refractivity contribution in [3.63, 3.8) is 0 Å². The van der Waals surface area contributed by atoms with E-state index in [4.69, 9.17) is 11.6 Å². The van der Waals surface area contributed by atoms with Gasteiger partial charge in [-0.15, -0.1) is 0 Å². The van der Waals surface area contributed by atoms with E-state index in [9.17, 15) is 0 Å². The van der Waals surface area contributed by atoms with Gasteiger partial charge in [0, 0.05) is 24.7 Å². The summed E-state index contributed by atoms with van der Waals surface area (Å²) in [5.41, 5.74) is 3.11. The highest BCUT2D eigenvalue weighted by atomic mass is 35.5. The molecule has 1 aromatic heterocycles. The minimum absolute atomic E-state index is 0.806. The van der Waals surface area contributed by atoms with Gasteiger partial charge >= 0.3 is 0 Å². The van der Waals surface area contributed by atoms with E-state index >= 15 is 0 Å². The van der Waals surface area contributed by atoms with Crippen molar-refractivity contribution in [1.29, 1.82) is 0 Å². The maximum absolute atomic E-state index is 6.31. The molecule has 0 unspecified atom stereocenters. The van der Waals surface area contributed by atoms with Gasteiger partial charge in [-0.1, -0.05) is 24.3 Å². The van der Waals surface area contributed by atoms with Crippen LogP contribution in [0.1, 0.15) is 12.0 Å². The summed E-state index contributed by atoms with van der Waals surface area (Å²) in [6.45, 7) is 5.93. The summed E-state index contributed by atoms with van der Waals surface area (Å²) < 4.78 is 0. The lowest BCUT2D eigenvalue weighted by atomic mass is 10.1. The number of nitrogens with zero attached hydrogens (tertiary/aromatic N) is 2. The van der Waals surface area contributed by atoms with Crippen LogP contribution in [0.3, 0.4) is 0 Å². The van der Waals surface area contributed by atoms with E-state index in [0.29, 0.717) is 0 Å². The molecular weight excluding hydrogens is 232 g/mol. The molecule has 1 fully saturated rings. The summed E-state index contributed by atoms with van der Waals surface area (Å²) in [6, 6.07) is 6.12. The predicted octanol–water partition coefficient (Wildman–Crippen LogP) is 3.74. The molecule has 0 bridgehead atoms. The lowest BCUT2D eigenvalue weighted by Crippen LogP contribution is -2.37. The predicted molar refractivity (Wildman–Crippen MR) is 73.7 cm³/mol. The van der Waals surface area contributed by atoms with Crippen molar-refractivity contribution in [2.45, 2.75) is 6.42 Å². The molecule has 3 heteroatoms. The second-order valence-electron chi connectivity index (χ2n) is 4.31. The first-order valence-corrected chi connectivity index (χ1v) is 6.12. The normalized spacial score (nSPS) is 14.8. The molecule has 17 heavy (non-hydrogen) atoms. The van der Waals surface area contributed by atoms with Gasteiger partial charge in [0.1, 0.15) is 0 Å². The van der Waals surface area contributed by atoms with Crippen molar-refractivity contribution in [3.05, 3.63) is 41.6 Å². The molecule has 2 nitrogen and oxygen atoms in total. The van der Waals surface area contributed by atoms with Crippen molar-refractivity contribution in [3.8, 4) is 0 Å². The molecule has 0 atom stereocenters. The zero-order chi connectivity index (χ0) is 11.8. The average Bonchev–Trinajstić information content (AvgIpc) is 2.27. The Balaban J connectivity index is 2.15. The molecular formula is C14H13ClN2. The smallest absolute Gasteiger partial charge is 0.0724 e. The molecule has 0 aliphatic carbocycles. The fourth-order valence-electron chi connectivity index (χ4n) is 2.07. The number of aromatic nitrogens is 1. The van der Waals surface area contributed by atoms with Crippen LogP contribution in [-0.4, -0.2) is 18.1 Å². The Morgan fingerprint density at radius 3 is 2.76 bits per heavy atom. The summed E-state index contributed by atoms with van der Waals surface area (Å²) in [4.78, 5) is 6.72. The minimum atomic E-state index is 0.806. The van der Waals surface area contributed by atoms with Crippen LogP contribution in [0.25, 0.3) is 17.0 Å². The van der Waals surface area contributed by atoms with Crippen LogP contribution in [0.4, 0.5) is 5.69 Å². The number of hydrogen-bond acceptors (Lipinski definition) is 2. The van der Waals surface area contributed by atoms with Crippen LogP contribution in [-0.2, 0) is 0 Å². The van der Waals surface area contributed by atoms with Gasteiger partial charge in [0.05, 0.1) is 16.2 Å². The molecule has 0 N–H and O–H groups in total. The largest absolute Gasteiger partial charge is 0.370 e. The van der Waals surface area contributed by atoms with Gasteiger partial charge in [-0.2, -0.15) is 0 Å². The Morgan fingerprint density at radius 2 is 2.12 bits per heavy atom. The van der Waals surface area contributed by atoms with Crippen molar-refractivity contribution in [1.82, 2.24) is 4.98 Å². The lowest BCUT2D eigenvalue weighted by molar-refractivity contribution is 0.618. The molecule has 86 valence electrons. The molecule has 1 aliphatic heterocycles. The highest BCUT2D eigenvalue weighted by Crippen LogP contribution is 2.33.